The molecule has 0 saturated heterocycles. The highest BCUT2D eigenvalue weighted by Crippen LogP contribution is 2.30. The fourth-order valence-corrected chi connectivity index (χ4v) is 3.95. The fourth-order valence-electron chi connectivity index (χ4n) is 2.19. The molecule has 1 heterocycles. The van der Waals surface area contributed by atoms with Crippen LogP contribution in [0.2, 0.25) is 5.02 Å². The molecule has 0 saturated carbocycles. The second-order valence-corrected chi connectivity index (χ2v) is 8.65. The normalized spacial score (nSPS) is 11.9. The van der Waals surface area contributed by atoms with Gasteiger partial charge in [-0.05, 0) is 24.5 Å². The van der Waals surface area contributed by atoms with Crippen LogP contribution in [0.1, 0.15) is 20.3 Å². The number of nitrogens with zero attached hydrogens (tertiary/aromatic N) is 2. The van der Waals surface area contributed by atoms with E-state index in [2.05, 4.69) is 20.8 Å². The van der Waals surface area contributed by atoms with Crippen molar-refractivity contribution in [3.63, 3.8) is 0 Å². The Labute approximate surface area is 171 Å². The van der Waals surface area contributed by atoms with Crippen LogP contribution in [0.3, 0.4) is 0 Å². The van der Waals surface area contributed by atoms with E-state index in [1.165, 1.54) is 30.2 Å². The quantitative estimate of drug-likeness (QED) is 0.464. The van der Waals surface area contributed by atoms with Gasteiger partial charge in [-0.15, -0.1) is 10.2 Å². The number of para-hydroxylation sites is 1. The van der Waals surface area contributed by atoms with Gasteiger partial charge in [0, 0.05) is 0 Å². The standard InChI is InChI=1S/C17H21ClN4O3S2/c1-10(2)8-13(15(24)25-3)19-14(23)9-26-17-22-21-16(27-17)20-12-7-5-4-6-11(12)18/h4-7,10,13H,8-9H2,1-3H3,(H,19,23)(H,20,21)/t13-/m1/s1. The number of hydrogen-bond donors (Lipinski definition) is 2. The molecule has 10 heteroatoms. The molecule has 0 aliphatic heterocycles. The van der Waals surface area contributed by atoms with Crippen LogP contribution < -0.4 is 10.6 Å². The molecule has 0 bridgehead atoms. The molecule has 0 radical (unpaired) electrons. The number of thioether (sulfide) groups is 1. The van der Waals surface area contributed by atoms with Crippen molar-refractivity contribution in [1.29, 1.82) is 0 Å². The van der Waals surface area contributed by atoms with Gasteiger partial charge in [0.1, 0.15) is 6.04 Å². The molecule has 2 aromatic rings. The van der Waals surface area contributed by atoms with Gasteiger partial charge >= 0.3 is 5.97 Å². The number of ether oxygens (including phenoxy) is 1. The molecule has 146 valence electrons. The third-order valence-corrected chi connectivity index (χ3v) is 5.68. The summed E-state index contributed by atoms with van der Waals surface area (Å²) in [6.45, 7) is 3.96. The first-order chi connectivity index (χ1) is 12.9. The van der Waals surface area contributed by atoms with Crippen molar-refractivity contribution < 1.29 is 14.3 Å². The minimum absolute atomic E-state index is 0.131. The van der Waals surface area contributed by atoms with Gasteiger partial charge in [0.05, 0.1) is 23.6 Å². The van der Waals surface area contributed by atoms with Crippen molar-refractivity contribution in [3.8, 4) is 0 Å². The van der Waals surface area contributed by atoms with E-state index in [4.69, 9.17) is 16.3 Å². The lowest BCUT2D eigenvalue weighted by molar-refractivity contribution is -0.145. The minimum atomic E-state index is -0.644. The molecule has 1 aromatic carbocycles. The first-order valence-corrected chi connectivity index (χ1v) is 10.4. The molecule has 0 spiro atoms. The van der Waals surface area contributed by atoms with Crippen LogP contribution in [-0.4, -0.2) is 41.0 Å². The Hall–Kier alpha value is -1.84. The van der Waals surface area contributed by atoms with E-state index in [1.807, 2.05) is 32.0 Å². The average Bonchev–Trinajstić information content (AvgIpc) is 3.08. The van der Waals surface area contributed by atoms with Gasteiger partial charge in [0.2, 0.25) is 11.0 Å². The second-order valence-electron chi connectivity index (χ2n) is 6.04. The Morgan fingerprint density at radius 3 is 2.70 bits per heavy atom. The molecule has 2 N–H and O–H groups in total. The monoisotopic (exact) mass is 428 g/mol. The number of benzene rings is 1. The van der Waals surface area contributed by atoms with Crippen molar-refractivity contribution in [1.82, 2.24) is 15.5 Å². The van der Waals surface area contributed by atoms with Crippen molar-refractivity contribution in [3.05, 3.63) is 29.3 Å². The number of aromatic nitrogens is 2. The number of methoxy groups -OCH3 is 1. The lowest BCUT2D eigenvalue weighted by Crippen LogP contribution is -2.43. The van der Waals surface area contributed by atoms with Gasteiger partial charge in [-0.25, -0.2) is 4.79 Å². The number of esters is 1. The summed E-state index contributed by atoms with van der Waals surface area (Å²) in [5.74, 6) is -0.313. The van der Waals surface area contributed by atoms with Crippen LogP contribution in [0.25, 0.3) is 0 Å². The third-order valence-electron chi connectivity index (χ3n) is 3.38. The van der Waals surface area contributed by atoms with Gasteiger partial charge < -0.3 is 15.4 Å². The molecule has 1 amide bonds. The van der Waals surface area contributed by atoms with Crippen LogP contribution >= 0.6 is 34.7 Å². The Morgan fingerprint density at radius 1 is 1.30 bits per heavy atom. The number of amides is 1. The molecule has 0 aliphatic carbocycles. The number of halogens is 1. The molecule has 2 rings (SSSR count). The smallest absolute Gasteiger partial charge is 0.328 e. The van der Waals surface area contributed by atoms with E-state index < -0.39 is 12.0 Å². The highest BCUT2D eigenvalue weighted by atomic mass is 35.5. The average molecular weight is 429 g/mol. The van der Waals surface area contributed by atoms with E-state index in [9.17, 15) is 9.59 Å². The lowest BCUT2D eigenvalue weighted by Gasteiger charge is -2.17. The number of anilines is 2. The summed E-state index contributed by atoms with van der Waals surface area (Å²) in [7, 11) is 1.31. The topological polar surface area (TPSA) is 93.2 Å². The highest BCUT2D eigenvalue weighted by Gasteiger charge is 2.22. The molecule has 7 nitrogen and oxygen atoms in total. The summed E-state index contributed by atoms with van der Waals surface area (Å²) in [5.41, 5.74) is 0.735. The first kappa shape index (κ1) is 21.5. The van der Waals surface area contributed by atoms with Gasteiger partial charge in [0.25, 0.3) is 0 Å². The van der Waals surface area contributed by atoms with Crippen molar-refractivity contribution in [2.75, 3.05) is 18.2 Å². The van der Waals surface area contributed by atoms with Crippen molar-refractivity contribution in [2.45, 2.75) is 30.6 Å². The van der Waals surface area contributed by atoms with Gasteiger partial charge in [-0.3, -0.25) is 4.79 Å². The Bertz CT molecular complexity index is 785. The number of carbonyl (C=O) groups is 2. The van der Waals surface area contributed by atoms with Crippen LogP contribution in [-0.2, 0) is 14.3 Å². The van der Waals surface area contributed by atoms with Crippen LogP contribution in [0.15, 0.2) is 28.6 Å². The number of hydrogen-bond acceptors (Lipinski definition) is 8. The summed E-state index contributed by atoms with van der Waals surface area (Å²) < 4.78 is 5.38. The summed E-state index contributed by atoms with van der Waals surface area (Å²) in [6.07, 6.45) is 0.522. The van der Waals surface area contributed by atoms with E-state index in [-0.39, 0.29) is 17.6 Å². The van der Waals surface area contributed by atoms with Gasteiger partial charge in [-0.2, -0.15) is 0 Å². The zero-order valence-corrected chi connectivity index (χ0v) is 17.6. The largest absolute Gasteiger partial charge is 0.467 e. The summed E-state index contributed by atoms with van der Waals surface area (Å²) in [6, 6.07) is 6.68. The number of nitrogens with one attached hydrogen (secondary N) is 2. The summed E-state index contributed by atoms with van der Waals surface area (Å²) in [5, 5.41) is 15.1. The first-order valence-electron chi connectivity index (χ1n) is 8.24. The lowest BCUT2D eigenvalue weighted by atomic mass is 10.0. The zero-order valence-electron chi connectivity index (χ0n) is 15.2. The van der Waals surface area contributed by atoms with Gasteiger partial charge in [0.15, 0.2) is 4.34 Å². The Balaban J connectivity index is 1.87. The van der Waals surface area contributed by atoms with E-state index >= 15 is 0 Å². The Morgan fingerprint density at radius 2 is 2.04 bits per heavy atom. The van der Waals surface area contributed by atoms with Crippen LogP contribution in [0.4, 0.5) is 10.8 Å². The number of rotatable bonds is 9. The fraction of sp³-hybridized carbons (Fsp3) is 0.412. The van der Waals surface area contributed by atoms with E-state index in [0.717, 1.165) is 5.69 Å². The minimum Gasteiger partial charge on any atom is -0.467 e. The van der Waals surface area contributed by atoms with Crippen LogP contribution in [0.5, 0.6) is 0 Å². The maximum atomic E-state index is 12.2. The molecule has 0 unspecified atom stereocenters. The predicted molar refractivity (Wildman–Crippen MR) is 109 cm³/mol. The molecular weight excluding hydrogens is 408 g/mol. The molecule has 0 fully saturated rings. The number of carbonyl (C=O) groups excluding carboxylic acids is 2. The maximum Gasteiger partial charge on any atom is 0.328 e. The van der Waals surface area contributed by atoms with E-state index in [1.54, 1.807) is 6.07 Å². The molecule has 0 aliphatic rings. The second kappa shape index (κ2) is 10.5. The maximum absolute atomic E-state index is 12.2. The molecular formula is C17H21ClN4O3S2. The van der Waals surface area contributed by atoms with Crippen molar-refractivity contribution in [2.24, 2.45) is 5.92 Å². The Kier molecular flexibility index (Phi) is 8.33. The van der Waals surface area contributed by atoms with Gasteiger partial charge in [-0.1, -0.05) is 60.7 Å². The summed E-state index contributed by atoms with van der Waals surface area (Å²) >= 11 is 8.67. The zero-order chi connectivity index (χ0) is 19.8. The van der Waals surface area contributed by atoms with E-state index in [0.29, 0.717) is 20.9 Å². The SMILES string of the molecule is COC(=O)[C@@H](CC(C)C)NC(=O)CSc1nnc(Nc2ccccc2Cl)s1. The highest BCUT2D eigenvalue weighted by molar-refractivity contribution is 8.01. The van der Waals surface area contributed by atoms with Crippen molar-refractivity contribution >= 4 is 57.4 Å². The summed E-state index contributed by atoms with van der Waals surface area (Å²) in [4.78, 5) is 23.9. The molecule has 1 atom stereocenters. The third kappa shape index (κ3) is 7.00. The molecule has 27 heavy (non-hydrogen) atoms. The predicted octanol–water partition coefficient (Wildman–Crippen LogP) is 3.73. The van der Waals surface area contributed by atoms with Crippen LogP contribution in [0, 0.1) is 5.92 Å². The molecule has 1 aromatic heterocycles.